The predicted octanol–water partition coefficient (Wildman–Crippen LogP) is 10.7. The molecule has 1 radical (unpaired) electrons. The number of hydrogen-bond donors (Lipinski definition) is 1. The summed E-state index contributed by atoms with van der Waals surface area (Å²) in [4.78, 5) is 8.78. The second kappa shape index (κ2) is 12.6. The Morgan fingerprint density at radius 2 is 1.33 bits per heavy atom. The van der Waals surface area contributed by atoms with Crippen LogP contribution in [-0.4, -0.2) is 9.97 Å². The van der Waals surface area contributed by atoms with Gasteiger partial charge in [0.05, 0.1) is 0 Å². The monoisotopic (exact) mass is 770 g/mol. The first-order chi connectivity index (χ1) is 22.2. The molecule has 4 nitrogen and oxygen atoms in total. The summed E-state index contributed by atoms with van der Waals surface area (Å²) < 4.78 is 6.37. The Morgan fingerprint density at radius 1 is 0.609 bits per heavy atom. The van der Waals surface area contributed by atoms with Gasteiger partial charge in [-0.3, -0.25) is 0 Å². The smallest absolute Gasteiger partial charge is 0.136 e. The number of nitrogens with one attached hydrogen (secondary N) is 1. The fourth-order valence-corrected chi connectivity index (χ4v) is 6.12. The maximum absolute atomic E-state index is 6.37. The van der Waals surface area contributed by atoms with Crippen LogP contribution in [0.2, 0.25) is 0 Å². The molecular formula is C41H27IrN3O-2. The number of fused-ring (bicyclic) bond motifs is 10. The Morgan fingerprint density at radius 3 is 2.09 bits per heavy atom. The van der Waals surface area contributed by atoms with Gasteiger partial charge in [-0.15, -0.1) is 59.7 Å². The SMILES string of the molecule is Cc1c2cc3oc4ccccc4c3c1-c1cc(-c3ccccn3)[c-]cc1Nc1ccccc1-2.[Ir].[c-]1ccccc1-c1ccccn1. The first kappa shape index (κ1) is 29.4. The summed E-state index contributed by atoms with van der Waals surface area (Å²) >= 11 is 0. The standard InChI is InChI=1S/C30H19N2O.C11H8N.Ir/c1-18-22-17-28-30(21-9-3-5-12-27(21)33-28)29(18)23-16-19(24-10-6-7-15-31-24)13-14-26(23)32-25-11-4-2-8-20(22)25;1-2-6-10(7-3-1)11-8-4-5-9-12-11;/h2-12,14-17,32H,1H3;1-6,8-9H;/q2*-1;. The van der Waals surface area contributed by atoms with Gasteiger partial charge in [0.25, 0.3) is 0 Å². The van der Waals surface area contributed by atoms with Crippen molar-refractivity contribution in [1.29, 1.82) is 0 Å². The summed E-state index contributed by atoms with van der Waals surface area (Å²) in [6.07, 6.45) is 3.61. The van der Waals surface area contributed by atoms with Crippen molar-refractivity contribution in [3.8, 4) is 44.8 Å². The molecule has 0 amide bonds. The van der Waals surface area contributed by atoms with E-state index < -0.39 is 0 Å². The third-order valence-electron chi connectivity index (χ3n) is 8.22. The zero-order valence-electron chi connectivity index (χ0n) is 24.9. The molecule has 223 valence electrons. The Bertz CT molecular complexity index is 2260. The third kappa shape index (κ3) is 5.30. The minimum absolute atomic E-state index is 0. The number of furan rings is 1. The molecule has 0 unspecified atom stereocenters. The normalized spacial score (nSPS) is 11.2. The van der Waals surface area contributed by atoms with Gasteiger partial charge in [-0.2, -0.15) is 0 Å². The summed E-state index contributed by atoms with van der Waals surface area (Å²) in [7, 11) is 0. The van der Waals surface area contributed by atoms with Gasteiger partial charge in [-0.25, -0.2) is 0 Å². The van der Waals surface area contributed by atoms with E-state index in [1.54, 1.807) is 6.20 Å². The van der Waals surface area contributed by atoms with Crippen molar-refractivity contribution < 1.29 is 24.5 Å². The number of benzene rings is 5. The summed E-state index contributed by atoms with van der Waals surface area (Å²) in [5.41, 5.74) is 13.7. The van der Waals surface area contributed by atoms with Gasteiger partial charge in [0.1, 0.15) is 11.2 Å². The Hall–Kier alpha value is -5.35. The molecule has 4 heterocycles. The Balaban J connectivity index is 0.000000220. The van der Waals surface area contributed by atoms with Crippen molar-refractivity contribution in [3.63, 3.8) is 0 Å². The van der Waals surface area contributed by atoms with Crippen molar-refractivity contribution in [2.75, 3.05) is 5.32 Å². The van der Waals surface area contributed by atoms with Gasteiger partial charge in [0.2, 0.25) is 0 Å². The quantitative estimate of drug-likeness (QED) is 0.178. The molecule has 1 aliphatic rings. The topological polar surface area (TPSA) is 51.0 Å². The molecule has 3 aromatic heterocycles. The molecule has 0 saturated heterocycles. The molecular weight excluding hydrogens is 743 g/mol. The molecule has 0 fully saturated rings. The number of para-hydroxylation sites is 2. The van der Waals surface area contributed by atoms with Crippen LogP contribution >= 0.6 is 0 Å². The molecule has 1 N–H and O–H groups in total. The van der Waals surface area contributed by atoms with Crippen LogP contribution in [0, 0.1) is 19.1 Å². The zero-order valence-corrected chi connectivity index (χ0v) is 27.3. The molecule has 2 bridgehead atoms. The second-order valence-electron chi connectivity index (χ2n) is 10.9. The van der Waals surface area contributed by atoms with Crippen LogP contribution in [0.4, 0.5) is 11.4 Å². The molecule has 0 atom stereocenters. The van der Waals surface area contributed by atoms with Crippen LogP contribution in [0.1, 0.15) is 5.56 Å². The molecule has 0 aliphatic carbocycles. The fraction of sp³-hybridized carbons (Fsp3) is 0.0244. The van der Waals surface area contributed by atoms with E-state index in [2.05, 4.69) is 82.9 Å². The summed E-state index contributed by atoms with van der Waals surface area (Å²) in [5, 5.41) is 5.96. The number of nitrogens with zero attached hydrogens (tertiary/aromatic N) is 2. The molecule has 0 spiro atoms. The van der Waals surface area contributed by atoms with E-state index in [9.17, 15) is 0 Å². The van der Waals surface area contributed by atoms with Gasteiger partial charge >= 0.3 is 0 Å². The summed E-state index contributed by atoms with van der Waals surface area (Å²) in [6.45, 7) is 2.22. The molecule has 5 aromatic carbocycles. The van der Waals surface area contributed by atoms with Crippen LogP contribution in [0.15, 0.2) is 144 Å². The first-order valence-corrected chi connectivity index (χ1v) is 14.9. The number of hydrogen-bond acceptors (Lipinski definition) is 4. The molecule has 5 heteroatoms. The number of aromatic nitrogens is 2. The van der Waals surface area contributed by atoms with Crippen LogP contribution in [0.25, 0.3) is 66.7 Å². The zero-order chi connectivity index (χ0) is 30.2. The average Bonchev–Trinajstić information content (AvgIpc) is 3.48. The number of pyridine rings is 2. The first-order valence-electron chi connectivity index (χ1n) is 14.9. The van der Waals surface area contributed by atoms with Gasteiger partial charge in [-0.05, 0) is 71.0 Å². The van der Waals surface area contributed by atoms with Crippen molar-refractivity contribution in [2.24, 2.45) is 0 Å². The van der Waals surface area contributed by atoms with E-state index in [1.165, 1.54) is 16.7 Å². The number of rotatable bonds is 2. The van der Waals surface area contributed by atoms with Crippen molar-refractivity contribution >= 4 is 33.3 Å². The Labute approximate surface area is 281 Å². The largest absolute Gasteiger partial charge is 0.456 e. The minimum atomic E-state index is 0. The van der Waals surface area contributed by atoms with E-state index >= 15 is 0 Å². The summed E-state index contributed by atoms with van der Waals surface area (Å²) in [6, 6.07) is 49.4. The van der Waals surface area contributed by atoms with E-state index in [0.717, 1.165) is 67.0 Å². The minimum Gasteiger partial charge on any atom is -0.456 e. The van der Waals surface area contributed by atoms with E-state index in [0.29, 0.717) is 0 Å². The average molecular weight is 770 g/mol. The summed E-state index contributed by atoms with van der Waals surface area (Å²) in [5.74, 6) is 0. The third-order valence-corrected chi connectivity index (χ3v) is 8.22. The van der Waals surface area contributed by atoms with Crippen molar-refractivity contribution in [1.82, 2.24) is 9.97 Å². The predicted molar refractivity (Wildman–Crippen MR) is 183 cm³/mol. The second-order valence-corrected chi connectivity index (χ2v) is 10.9. The molecule has 46 heavy (non-hydrogen) atoms. The molecule has 8 aromatic rings. The number of anilines is 2. The van der Waals surface area contributed by atoms with Gasteiger partial charge < -0.3 is 19.7 Å². The molecule has 0 saturated carbocycles. The van der Waals surface area contributed by atoms with Gasteiger partial charge in [-0.1, -0.05) is 66.2 Å². The molecule has 1 aliphatic heterocycles. The van der Waals surface area contributed by atoms with Crippen LogP contribution in [-0.2, 0) is 20.1 Å². The fourth-order valence-electron chi connectivity index (χ4n) is 6.12. The van der Waals surface area contributed by atoms with Crippen LogP contribution in [0.5, 0.6) is 0 Å². The van der Waals surface area contributed by atoms with Crippen molar-refractivity contribution in [3.05, 3.63) is 157 Å². The van der Waals surface area contributed by atoms with Gasteiger partial charge in [0.15, 0.2) is 0 Å². The van der Waals surface area contributed by atoms with E-state index in [-0.39, 0.29) is 20.1 Å². The van der Waals surface area contributed by atoms with Crippen LogP contribution < -0.4 is 5.32 Å². The van der Waals surface area contributed by atoms with Crippen LogP contribution in [0.3, 0.4) is 0 Å². The van der Waals surface area contributed by atoms with E-state index in [1.807, 2.05) is 85.1 Å². The maximum Gasteiger partial charge on any atom is 0.136 e. The van der Waals surface area contributed by atoms with Crippen molar-refractivity contribution in [2.45, 2.75) is 6.92 Å². The Kier molecular flexibility index (Phi) is 8.02. The van der Waals surface area contributed by atoms with E-state index in [4.69, 9.17) is 4.42 Å². The molecule has 9 rings (SSSR count). The van der Waals surface area contributed by atoms with Gasteiger partial charge in [0, 0.05) is 54.5 Å². The maximum atomic E-state index is 6.37.